The van der Waals surface area contributed by atoms with Crippen LogP contribution in [0.1, 0.15) is 35.5 Å². The summed E-state index contributed by atoms with van der Waals surface area (Å²) < 4.78 is 17.1. The minimum atomic E-state index is -0.0928. The smallest absolute Gasteiger partial charge is 0.261 e. The van der Waals surface area contributed by atoms with Crippen LogP contribution in [0.4, 0.5) is 0 Å². The average molecular weight is 392 g/mol. The Hall–Kier alpha value is -1.98. The highest BCUT2D eigenvalue weighted by molar-refractivity contribution is 6.32. The fraction of sp³-hybridized carbons (Fsp3) is 0.476. The number of ether oxygens (including phenoxy) is 2. The Balaban J connectivity index is 1.66. The number of hydrogen-bond acceptors (Lipinski definition) is 4. The van der Waals surface area contributed by atoms with Crippen LogP contribution in [0.25, 0.3) is 0 Å². The second kappa shape index (κ2) is 8.81. The van der Waals surface area contributed by atoms with E-state index in [0.717, 1.165) is 47.1 Å². The van der Waals surface area contributed by atoms with Crippen LogP contribution in [0.2, 0.25) is 5.02 Å². The van der Waals surface area contributed by atoms with Crippen molar-refractivity contribution in [3.05, 3.63) is 51.9 Å². The number of hydrogen-bond donors (Lipinski definition) is 0. The fourth-order valence-corrected chi connectivity index (χ4v) is 3.38. The first kappa shape index (κ1) is 19.8. The molecule has 0 bridgehead atoms. The van der Waals surface area contributed by atoms with E-state index in [-0.39, 0.29) is 18.6 Å². The largest absolute Gasteiger partial charge is 0.484 e. The number of carbonyl (C=O) groups is 1. The molecule has 1 saturated heterocycles. The Morgan fingerprint density at radius 3 is 2.59 bits per heavy atom. The Labute approximate surface area is 165 Å². The van der Waals surface area contributed by atoms with Gasteiger partial charge in [0.2, 0.25) is 0 Å². The zero-order valence-electron chi connectivity index (χ0n) is 16.1. The van der Waals surface area contributed by atoms with Gasteiger partial charge in [0.25, 0.3) is 5.91 Å². The molecule has 0 spiro atoms. The van der Waals surface area contributed by atoms with Gasteiger partial charge in [0.1, 0.15) is 17.3 Å². The lowest BCUT2D eigenvalue weighted by Gasteiger charge is -2.24. The standard InChI is InChI=1S/C21H26ClNO4/c1-14-9-19(10-15(2)21(14)22)26-13-20(24)23(11-17-5-4-8-25-17)12-18-7-6-16(3)27-18/h6-7,9-10,17H,4-5,8,11-13H2,1-3H3/t17-/m1/s1. The van der Waals surface area contributed by atoms with Crippen molar-refractivity contribution < 1.29 is 18.7 Å². The molecule has 1 aromatic heterocycles. The predicted molar refractivity (Wildman–Crippen MR) is 104 cm³/mol. The lowest BCUT2D eigenvalue weighted by molar-refractivity contribution is -0.135. The van der Waals surface area contributed by atoms with Gasteiger partial charge in [-0.15, -0.1) is 0 Å². The summed E-state index contributed by atoms with van der Waals surface area (Å²) in [5.74, 6) is 2.15. The number of halogens is 1. The molecule has 1 fully saturated rings. The molecular formula is C21H26ClNO4. The number of aryl methyl sites for hydroxylation is 3. The van der Waals surface area contributed by atoms with Crippen molar-refractivity contribution in [1.29, 1.82) is 0 Å². The number of amides is 1. The molecule has 1 amide bonds. The highest BCUT2D eigenvalue weighted by atomic mass is 35.5. The van der Waals surface area contributed by atoms with Gasteiger partial charge in [0, 0.05) is 18.2 Å². The third-order valence-corrected chi connectivity index (χ3v) is 5.31. The van der Waals surface area contributed by atoms with Crippen LogP contribution in [0.5, 0.6) is 5.75 Å². The average Bonchev–Trinajstić information content (AvgIpc) is 3.28. The monoisotopic (exact) mass is 391 g/mol. The van der Waals surface area contributed by atoms with Crippen molar-refractivity contribution in [3.8, 4) is 5.75 Å². The van der Waals surface area contributed by atoms with Gasteiger partial charge in [0.15, 0.2) is 6.61 Å². The Morgan fingerprint density at radius 2 is 2.00 bits per heavy atom. The van der Waals surface area contributed by atoms with Gasteiger partial charge in [-0.2, -0.15) is 0 Å². The Bertz CT molecular complexity index is 772. The molecule has 146 valence electrons. The third kappa shape index (κ3) is 5.27. The van der Waals surface area contributed by atoms with Crippen LogP contribution < -0.4 is 4.74 Å². The Kier molecular flexibility index (Phi) is 6.45. The number of rotatable bonds is 7. The lowest BCUT2D eigenvalue weighted by Crippen LogP contribution is -2.39. The van der Waals surface area contributed by atoms with Gasteiger partial charge in [-0.3, -0.25) is 4.79 Å². The SMILES string of the molecule is Cc1ccc(CN(C[C@H]2CCCO2)C(=O)COc2cc(C)c(Cl)c(C)c2)o1. The maximum atomic E-state index is 12.8. The topological polar surface area (TPSA) is 51.9 Å². The van der Waals surface area contributed by atoms with Crippen LogP contribution in [0, 0.1) is 20.8 Å². The van der Waals surface area contributed by atoms with Crippen molar-refractivity contribution in [2.75, 3.05) is 19.8 Å². The summed E-state index contributed by atoms with van der Waals surface area (Å²) >= 11 is 6.20. The summed E-state index contributed by atoms with van der Waals surface area (Å²) in [5, 5.41) is 0.724. The summed E-state index contributed by atoms with van der Waals surface area (Å²) in [7, 11) is 0. The van der Waals surface area contributed by atoms with E-state index in [1.807, 2.05) is 45.0 Å². The van der Waals surface area contributed by atoms with Crippen LogP contribution in [0.3, 0.4) is 0 Å². The zero-order chi connectivity index (χ0) is 19.4. The molecule has 1 aliphatic rings. The molecule has 0 N–H and O–H groups in total. The molecule has 0 aliphatic carbocycles. The quantitative estimate of drug-likeness (QED) is 0.699. The highest BCUT2D eigenvalue weighted by Crippen LogP contribution is 2.26. The van der Waals surface area contributed by atoms with Crippen LogP contribution in [0.15, 0.2) is 28.7 Å². The summed E-state index contributed by atoms with van der Waals surface area (Å²) in [6.45, 7) is 7.42. The molecule has 0 saturated carbocycles. The first-order chi connectivity index (χ1) is 12.9. The van der Waals surface area contributed by atoms with Crippen molar-refractivity contribution in [1.82, 2.24) is 4.90 Å². The molecule has 1 aromatic carbocycles. The van der Waals surface area contributed by atoms with Gasteiger partial charge >= 0.3 is 0 Å². The summed E-state index contributed by atoms with van der Waals surface area (Å²) in [6.07, 6.45) is 2.08. The summed E-state index contributed by atoms with van der Waals surface area (Å²) in [5.41, 5.74) is 1.86. The molecular weight excluding hydrogens is 366 g/mol. The molecule has 3 rings (SSSR count). The van der Waals surface area contributed by atoms with Crippen molar-refractivity contribution in [2.24, 2.45) is 0 Å². The lowest BCUT2D eigenvalue weighted by atomic mass is 10.1. The molecule has 1 atom stereocenters. The minimum Gasteiger partial charge on any atom is -0.484 e. The Morgan fingerprint density at radius 1 is 1.26 bits per heavy atom. The second-order valence-corrected chi connectivity index (χ2v) is 7.46. The second-order valence-electron chi connectivity index (χ2n) is 7.08. The number of carbonyl (C=O) groups excluding carboxylic acids is 1. The van der Waals surface area contributed by atoms with E-state index >= 15 is 0 Å². The molecule has 1 aliphatic heterocycles. The van der Waals surface area contributed by atoms with Crippen molar-refractivity contribution >= 4 is 17.5 Å². The van der Waals surface area contributed by atoms with Crippen LogP contribution in [-0.2, 0) is 16.1 Å². The van der Waals surface area contributed by atoms with Gasteiger partial charge < -0.3 is 18.8 Å². The van der Waals surface area contributed by atoms with Crippen LogP contribution in [-0.4, -0.2) is 36.7 Å². The van der Waals surface area contributed by atoms with Gasteiger partial charge in [-0.05, 0) is 69.0 Å². The highest BCUT2D eigenvalue weighted by Gasteiger charge is 2.24. The number of furan rings is 1. The molecule has 2 aromatic rings. The molecule has 0 unspecified atom stereocenters. The predicted octanol–water partition coefficient (Wildman–Crippen LogP) is 4.44. The van der Waals surface area contributed by atoms with Gasteiger partial charge in [-0.1, -0.05) is 11.6 Å². The normalized spacial score (nSPS) is 16.5. The van der Waals surface area contributed by atoms with Gasteiger partial charge in [-0.25, -0.2) is 0 Å². The first-order valence-corrected chi connectivity index (χ1v) is 9.64. The fourth-order valence-electron chi connectivity index (χ4n) is 3.27. The van der Waals surface area contributed by atoms with E-state index in [0.29, 0.717) is 18.8 Å². The van der Waals surface area contributed by atoms with Crippen molar-refractivity contribution in [2.45, 2.75) is 46.3 Å². The van der Waals surface area contributed by atoms with E-state index < -0.39 is 0 Å². The number of benzene rings is 1. The molecule has 2 heterocycles. The molecule has 27 heavy (non-hydrogen) atoms. The maximum Gasteiger partial charge on any atom is 0.261 e. The van der Waals surface area contributed by atoms with E-state index in [1.54, 1.807) is 4.90 Å². The molecule has 6 heteroatoms. The van der Waals surface area contributed by atoms with E-state index in [1.165, 1.54) is 0 Å². The zero-order valence-corrected chi connectivity index (χ0v) is 16.8. The first-order valence-electron chi connectivity index (χ1n) is 9.26. The van der Waals surface area contributed by atoms with Gasteiger partial charge in [0.05, 0.1) is 12.6 Å². The molecule has 0 radical (unpaired) electrons. The maximum absolute atomic E-state index is 12.8. The third-order valence-electron chi connectivity index (χ3n) is 4.72. The van der Waals surface area contributed by atoms with E-state index in [9.17, 15) is 4.79 Å². The minimum absolute atomic E-state index is 0.0348. The number of nitrogens with zero attached hydrogens (tertiary/aromatic N) is 1. The van der Waals surface area contributed by atoms with E-state index in [4.69, 9.17) is 25.5 Å². The summed E-state index contributed by atoms with van der Waals surface area (Å²) in [4.78, 5) is 14.6. The van der Waals surface area contributed by atoms with Crippen LogP contribution >= 0.6 is 11.6 Å². The molecule has 5 nitrogen and oxygen atoms in total. The van der Waals surface area contributed by atoms with E-state index in [2.05, 4.69) is 0 Å². The summed E-state index contributed by atoms with van der Waals surface area (Å²) in [6, 6.07) is 7.50. The van der Waals surface area contributed by atoms with Crippen molar-refractivity contribution in [3.63, 3.8) is 0 Å².